The number of benzene rings is 2. The maximum Gasteiger partial charge on any atom is 0.199 e. The number of aromatic amines is 1. The average molecular weight is 270 g/mol. The van der Waals surface area contributed by atoms with E-state index in [1.54, 1.807) is 12.1 Å². The Kier molecular flexibility index (Phi) is 2.84. The van der Waals surface area contributed by atoms with Gasteiger partial charge in [0, 0.05) is 17.6 Å². The Morgan fingerprint density at radius 3 is 2.80 bits per heavy atom. The zero-order valence-electron chi connectivity index (χ0n) is 10.2. The minimum absolute atomic E-state index is 0.205. The minimum Gasteiger partial charge on any atom is -0.451 e. The first-order chi connectivity index (χ1) is 9.69. The maximum atomic E-state index is 14.2. The van der Waals surface area contributed by atoms with Crippen molar-refractivity contribution in [1.29, 1.82) is 5.26 Å². The molecule has 0 aliphatic carbocycles. The van der Waals surface area contributed by atoms with E-state index >= 15 is 0 Å². The van der Waals surface area contributed by atoms with Crippen LogP contribution in [0.25, 0.3) is 10.9 Å². The van der Waals surface area contributed by atoms with Gasteiger partial charge in [-0.3, -0.25) is 0 Å². The predicted octanol–water partition coefficient (Wildman–Crippen LogP) is 4.11. The second-order valence-electron chi connectivity index (χ2n) is 4.18. The molecule has 0 aliphatic heterocycles. The molecule has 3 aromatic rings. The Labute approximate surface area is 113 Å². The summed E-state index contributed by atoms with van der Waals surface area (Å²) < 4.78 is 33.3. The highest BCUT2D eigenvalue weighted by Gasteiger charge is 2.16. The molecule has 0 saturated heterocycles. The molecule has 2 aromatic carbocycles. The molecule has 0 aliphatic rings. The van der Waals surface area contributed by atoms with Crippen molar-refractivity contribution >= 4 is 10.9 Å². The average Bonchev–Trinajstić information content (AvgIpc) is 2.92. The lowest BCUT2D eigenvalue weighted by molar-refractivity contribution is 0.411. The van der Waals surface area contributed by atoms with Crippen LogP contribution in [0.3, 0.4) is 0 Å². The highest BCUT2D eigenvalue weighted by Crippen LogP contribution is 2.32. The summed E-state index contributed by atoms with van der Waals surface area (Å²) in [6.07, 6.45) is 1.52. The van der Waals surface area contributed by atoms with Gasteiger partial charge < -0.3 is 9.72 Å². The molecular formula is C15H8F2N2O. The van der Waals surface area contributed by atoms with Crippen molar-refractivity contribution in [3.05, 3.63) is 59.8 Å². The van der Waals surface area contributed by atoms with Gasteiger partial charge in [-0.05, 0) is 24.3 Å². The van der Waals surface area contributed by atoms with Crippen LogP contribution in [0.1, 0.15) is 5.56 Å². The summed E-state index contributed by atoms with van der Waals surface area (Å²) in [6.45, 7) is 0. The number of hydrogen-bond acceptors (Lipinski definition) is 2. The number of H-pyrrole nitrogens is 1. The van der Waals surface area contributed by atoms with E-state index in [0.717, 1.165) is 0 Å². The molecule has 98 valence electrons. The topological polar surface area (TPSA) is 48.8 Å². The molecule has 1 N–H and O–H groups in total. The van der Waals surface area contributed by atoms with Crippen LogP contribution in [0.15, 0.2) is 42.6 Å². The molecule has 5 heteroatoms. The highest BCUT2D eigenvalue weighted by atomic mass is 19.1. The molecule has 0 amide bonds. The normalized spacial score (nSPS) is 10.4. The first-order valence-electron chi connectivity index (χ1n) is 5.82. The molecule has 0 fully saturated rings. The summed E-state index contributed by atoms with van der Waals surface area (Å²) in [5.74, 6) is -1.85. The molecule has 1 aromatic heterocycles. The fourth-order valence-corrected chi connectivity index (χ4v) is 1.95. The second-order valence-corrected chi connectivity index (χ2v) is 4.18. The smallest absolute Gasteiger partial charge is 0.199 e. The van der Waals surface area contributed by atoms with Crippen LogP contribution < -0.4 is 4.74 Å². The predicted molar refractivity (Wildman–Crippen MR) is 69.4 cm³/mol. The van der Waals surface area contributed by atoms with Crippen LogP contribution in [-0.2, 0) is 0 Å². The van der Waals surface area contributed by atoms with Crippen molar-refractivity contribution in [2.45, 2.75) is 0 Å². The number of ether oxygens (including phenoxy) is 1. The number of rotatable bonds is 2. The van der Waals surface area contributed by atoms with Crippen molar-refractivity contribution in [2.24, 2.45) is 0 Å². The molecule has 0 unspecified atom stereocenters. The summed E-state index contributed by atoms with van der Waals surface area (Å²) in [4.78, 5) is 2.73. The van der Waals surface area contributed by atoms with Gasteiger partial charge in [0.15, 0.2) is 17.4 Å². The third-order valence-corrected chi connectivity index (χ3v) is 2.89. The van der Waals surface area contributed by atoms with Crippen LogP contribution in [0, 0.1) is 23.0 Å². The number of aromatic nitrogens is 1. The van der Waals surface area contributed by atoms with Gasteiger partial charge in [-0.25, -0.2) is 8.78 Å². The summed E-state index contributed by atoms with van der Waals surface area (Å²) >= 11 is 0. The van der Waals surface area contributed by atoms with E-state index in [1.807, 2.05) is 6.07 Å². The van der Waals surface area contributed by atoms with Crippen molar-refractivity contribution in [2.75, 3.05) is 0 Å². The molecule has 0 spiro atoms. The molecular weight excluding hydrogens is 262 g/mol. The number of nitrogens with one attached hydrogen (secondary N) is 1. The van der Waals surface area contributed by atoms with E-state index in [-0.39, 0.29) is 11.1 Å². The van der Waals surface area contributed by atoms with E-state index < -0.39 is 17.4 Å². The van der Waals surface area contributed by atoms with Crippen molar-refractivity contribution < 1.29 is 13.5 Å². The van der Waals surface area contributed by atoms with Crippen LogP contribution in [0.2, 0.25) is 0 Å². The lowest BCUT2D eigenvalue weighted by Crippen LogP contribution is -1.94. The summed E-state index contributed by atoms with van der Waals surface area (Å²) in [6, 6.07) is 10.7. The van der Waals surface area contributed by atoms with Crippen LogP contribution in [0.4, 0.5) is 8.78 Å². The molecule has 0 atom stereocenters. The van der Waals surface area contributed by atoms with Gasteiger partial charge in [0.2, 0.25) is 0 Å². The van der Waals surface area contributed by atoms with Gasteiger partial charge >= 0.3 is 0 Å². The second kappa shape index (κ2) is 4.67. The number of nitrogens with zero attached hydrogens (tertiary/aromatic N) is 1. The van der Waals surface area contributed by atoms with Crippen LogP contribution in [0.5, 0.6) is 11.5 Å². The number of hydrogen-bond donors (Lipinski definition) is 1. The van der Waals surface area contributed by atoms with Crippen molar-refractivity contribution in [1.82, 2.24) is 4.98 Å². The molecule has 3 rings (SSSR count). The van der Waals surface area contributed by atoms with Crippen molar-refractivity contribution in [3.63, 3.8) is 0 Å². The molecule has 20 heavy (non-hydrogen) atoms. The number of halogens is 2. The Bertz CT molecular complexity index is 833. The molecule has 0 bridgehead atoms. The van der Waals surface area contributed by atoms with E-state index in [1.165, 1.54) is 30.5 Å². The SMILES string of the molecule is N#Cc1cccc(Oc2c(F)cc3[nH]ccc3c2F)c1. The van der Waals surface area contributed by atoms with E-state index in [9.17, 15) is 8.78 Å². The standard InChI is InChI=1S/C15H8F2N2O/c16-12-7-13-11(4-5-19-13)14(17)15(12)20-10-3-1-2-9(6-10)8-18/h1-7,19H. The maximum absolute atomic E-state index is 14.2. The fraction of sp³-hybridized carbons (Fsp3) is 0. The summed E-state index contributed by atoms with van der Waals surface area (Å²) in [5, 5.41) is 9.04. The Balaban J connectivity index is 2.08. The highest BCUT2D eigenvalue weighted by molar-refractivity contribution is 5.82. The van der Waals surface area contributed by atoms with Gasteiger partial charge in [0.25, 0.3) is 0 Å². The molecule has 0 radical (unpaired) electrons. The molecule has 1 heterocycles. The van der Waals surface area contributed by atoms with Crippen LogP contribution >= 0.6 is 0 Å². The van der Waals surface area contributed by atoms with Gasteiger partial charge in [-0.1, -0.05) is 6.07 Å². The zero-order valence-corrected chi connectivity index (χ0v) is 10.2. The number of nitriles is 1. The van der Waals surface area contributed by atoms with Gasteiger partial charge in [0.1, 0.15) is 5.75 Å². The lowest BCUT2D eigenvalue weighted by atomic mass is 10.2. The van der Waals surface area contributed by atoms with Crippen molar-refractivity contribution in [3.8, 4) is 17.6 Å². The number of fused-ring (bicyclic) bond motifs is 1. The third kappa shape index (κ3) is 1.97. The van der Waals surface area contributed by atoms with E-state index in [2.05, 4.69) is 4.98 Å². The first kappa shape index (κ1) is 12.2. The quantitative estimate of drug-likeness (QED) is 0.761. The molecule has 3 nitrogen and oxygen atoms in total. The Morgan fingerprint density at radius 1 is 1.15 bits per heavy atom. The van der Waals surface area contributed by atoms with Gasteiger partial charge in [0.05, 0.1) is 17.1 Å². The monoisotopic (exact) mass is 270 g/mol. The third-order valence-electron chi connectivity index (χ3n) is 2.89. The lowest BCUT2D eigenvalue weighted by Gasteiger charge is -2.08. The largest absolute Gasteiger partial charge is 0.451 e. The zero-order chi connectivity index (χ0) is 14.1. The van der Waals surface area contributed by atoms with Crippen LogP contribution in [-0.4, -0.2) is 4.98 Å². The van der Waals surface area contributed by atoms with Gasteiger partial charge in [-0.2, -0.15) is 5.26 Å². The van der Waals surface area contributed by atoms with E-state index in [4.69, 9.17) is 10.00 Å². The molecule has 0 saturated carbocycles. The first-order valence-corrected chi connectivity index (χ1v) is 5.82. The Hall–Kier alpha value is -2.87. The summed E-state index contributed by atoms with van der Waals surface area (Å²) in [5.41, 5.74) is 0.712. The minimum atomic E-state index is -0.806. The Morgan fingerprint density at radius 2 is 2.00 bits per heavy atom. The summed E-state index contributed by atoms with van der Waals surface area (Å²) in [7, 11) is 0. The fourth-order valence-electron chi connectivity index (χ4n) is 1.95. The van der Waals surface area contributed by atoms with E-state index in [0.29, 0.717) is 11.1 Å². The van der Waals surface area contributed by atoms with Gasteiger partial charge in [-0.15, -0.1) is 0 Å².